The molecule has 0 saturated carbocycles. The van der Waals surface area contributed by atoms with Gasteiger partial charge in [-0.15, -0.1) is 0 Å². The van der Waals surface area contributed by atoms with Gasteiger partial charge in [0.1, 0.15) is 5.75 Å². The minimum Gasteiger partial charge on any atom is -0.512 e. The lowest BCUT2D eigenvalue weighted by Gasteiger charge is -2.05. The van der Waals surface area contributed by atoms with Crippen LogP contribution in [0.1, 0.15) is 0 Å². The van der Waals surface area contributed by atoms with Gasteiger partial charge in [-0.1, -0.05) is 11.6 Å². The third kappa shape index (κ3) is 2.30. The molecule has 0 aliphatic carbocycles. The highest BCUT2D eigenvalue weighted by Crippen LogP contribution is 2.23. The fourth-order valence-corrected chi connectivity index (χ4v) is 0.873. The van der Waals surface area contributed by atoms with Gasteiger partial charge in [0.15, 0.2) is 0 Å². The molecule has 4 N–H and O–H groups in total. The van der Waals surface area contributed by atoms with Crippen molar-refractivity contribution in [2.45, 2.75) is 0 Å². The molecule has 0 aliphatic rings. The number of nitrogens with two attached hydrogens (primary N) is 1. The third-order valence-electron chi connectivity index (χ3n) is 1.21. The molecule has 6 heteroatoms. The molecule has 0 aromatic heterocycles. The van der Waals surface area contributed by atoms with Crippen molar-refractivity contribution in [3.8, 4) is 5.75 Å². The first-order chi connectivity index (χ1) is 5.59. The van der Waals surface area contributed by atoms with Crippen LogP contribution in [0.25, 0.3) is 0 Å². The Labute approximate surface area is 74.7 Å². The molecule has 0 saturated heterocycles. The molecule has 0 bridgehead atoms. The Balaban J connectivity index is 2.82. The lowest BCUT2D eigenvalue weighted by Crippen LogP contribution is -2.20. The van der Waals surface area contributed by atoms with Gasteiger partial charge in [-0.05, 0) is 18.2 Å². The normalized spacial score (nSPS) is 9.58. The van der Waals surface area contributed by atoms with Crippen LogP contribution in [0, 0.1) is 0 Å². The molecule has 0 atom stereocenters. The summed E-state index contributed by atoms with van der Waals surface area (Å²) in [5.74, 6) is 0.254. The van der Waals surface area contributed by atoms with Crippen molar-refractivity contribution in [1.82, 2.24) is 0 Å². The van der Waals surface area contributed by atoms with Crippen molar-refractivity contribution in [2.75, 3.05) is 5.73 Å². The van der Waals surface area contributed by atoms with Crippen LogP contribution in [0.5, 0.6) is 5.75 Å². The Morgan fingerprint density at radius 1 is 1.42 bits per heavy atom. The number of nitrogen functional groups attached to an aromatic ring is 1. The van der Waals surface area contributed by atoms with Gasteiger partial charge < -0.3 is 20.4 Å². The quantitative estimate of drug-likeness (QED) is 0.459. The molecule has 0 amide bonds. The molecule has 0 heterocycles. The lowest BCUT2D eigenvalue weighted by atomic mass is 10.2. The van der Waals surface area contributed by atoms with E-state index in [0.29, 0.717) is 10.7 Å². The van der Waals surface area contributed by atoms with Crippen LogP contribution in [-0.2, 0) is 0 Å². The van der Waals surface area contributed by atoms with Gasteiger partial charge in [0.25, 0.3) is 0 Å². The molecule has 1 aromatic rings. The molecule has 4 nitrogen and oxygen atoms in total. The lowest BCUT2D eigenvalue weighted by molar-refractivity contribution is 0.288. The van der Waals surface area contributed by atoms with Gasteiger partial charge in [0, 0.05) is 0 Å². The van der Waals surface area contributed by atoms with E-state index in [1.807, 2.05) is 0 Å². The Kier molecular flexibility index (Phi) is 2.81. The second-order valence-electron chi connectivity index (χ2n) is 2.13. The Bertz CT molecular complexity index is 281. The molecule has 0 radical (unpaired) electrons. The summed E-state index contributed by atoms with van der Waals surface area (Å²) in [6.45, 7) is 0. The van der Waals surface area contributed by atoms with E-state index >= 15 is 0 Å². The zero-order chi connectivity index (χ0) is 9.14. The zero-order valence-electron chi connectivity index (χ0n) is 6.07. The van der Waals surface area contributed by atoms with Gasteiger partial charge in [0.2, 0.25) is 0 Å². The summed E-state index contributed by atoms with van der Waals surface area (Å²) < 4.78 is 4.52. The molecule has 12 heavy (non-hydrogen) atoms. The molecule has 0 spiro atoms. The first-order valence-corrected chi connectivity index (χ1v) is 3.55. The van der Waals surface area contributed by atoms with Crippen LogP contribution in [0.3, 0.4) is 0 Å². The highest BCUT2D eigenvalue weighted by Gasteiger charge is 2.11. The van der Waals surface area contributed by atoms with Crippen molar-refractivity contribution in [3.05, 3.63) is 23.2 Å². The van der Waals surface area contributed by atoms with E-state index < -0.39 is 7.32 Å². The van der Waals surface area contributed by atoms with Gasteiger partial charge >= 0.3 is 7.32 Å². The number of benzene rings is 1. The van der Waals surface area contributed by atoms with Crippen molar-refractivity contribution < 1.29 is 14.7 Å². The Hall–Kier alpha value is -0.905. The van der Waals surface area contributed by atoms with E-state index in [1.54, 1.807) is 0 Å². The molecule has 1 rings (SSSR count). The number of halogens is 1. The zero-order valence-corrected chi connectivity index (χ0v) is 6.82. The molecule has 0 fully saturated rings. The fourth-order valence-electron chi connectivity index (χ4n) is 0.703. The topological polar surface area (TPSA) is 75.7 Å². The second-order valence-corrected chi connectivity index (χ2v) is 2.53. The maximum absolute atomic E-state index is 8.42. The van der Waals surface area contributed by atoms with Crippen molar-refractivity contribution in [2.24, 2.45) is 0 Å². The summed E-state index contributed by atoms with van der Waals surface area (Å²) in [5, 5.41) is 17.2. The molecular weight excluding hydrogens is 180 g/mol. The summed E-state index contributed by atoms with van der Waals surface area (Å²) in [6.07, 6.45) is 0. The van der Waals surface area contributed by atoms with Crippen LogP contribution >= 0.6 is 11.6 Å². The van der Waals surface area contributed by atoms with Crippen LogP contribution in [0.4, 0.5) is 5.69 Å². The van der Waals surface area contributed by atoms with E-state index in [2.05, 4.69) is 4.65 Å². The molecule has 0 unspecified atom stereocenters. The summed E-state index contributed by atoms with van der Waals surface area (Å²) in [6, 6.07) is 4.40. The van der Waals surface area contributed by atoms with E-state index in [9.17, 15) is 0 Å². The first kappa shape index (κ1) is 9.19. The van der Waals surface area contributed by atoms with Crippen molar-refractivity contribution in [3.63, 3.8) is 0 Å². The highest BCUT2D eigenvalue weighted by molar-refractivity contribution is 6.34. The van der Waals surface area contributed by atoms with Crippen molar-refractivity contribution >= 4 is 24.6 Å². The first-order valence-electron chi connectivity index (χ1n) is 3.17. The Morgan fingerprint density at radius 2 is 2.08 bits per heavy atom. The van der Waals surface area contributed by atoms with Gasteiger partial charge in [-0.25, -0.2) is 0 Å². The minimum atomic E-state index is -1.84. The smallest absolute Gasteiger partial charge is 0.512 e. The molecular formula is C6H7BClNO3. The van der Waals surface area contributed by atoms with Crippen LogP contribution < -0.4 is 10.4 Å². The molecule has 1 aromatic carbocycles. The second kappa shape index (κ2) is 3.66. The highest BCUT2D eigenvalue weighted by atomic mass is 35.5. The van der Waals surface area contributed by atoms with Crippen LogP contribution in [-0.4, -0.2) is 17.4 Å². The summed E-state index contributed by atoms with van der Waals surface area (Å²) in [4.78, 5) is 0. The van der Waals surface area contributed by atoms with Gasteiger partial charge in [-0.3, -0.25) is 0 Å². The van der Waals surface area contributed by atoms with Crippen molar-refractivity contribution in [1.29, 1.82) is 0 Å². The van der Waals surface area contributed by atoms with E-state index in [4.69, 9.17) is 27.4 Å². The van der Waals surface area contributed by atoms with E-state index in [0.717, 1.165) is 0 Å². The summed E-state index contributed by atoms with van der Waals surface area (Å²) >= 11 is 5.63. The van der Waals surface area contributed by atoms with E-state index in [-0.39, 0.29) is 5.75 Å². The largest absolute Gasteiger partial charge is 0.707 e. The maximum Gasteiger partial charge on any atom is 0.707 e. The average molecular weight is 187 g/mol. The summed E-state index contributed by atoms with van der Waals surface area (Å²) in [5.41, 5.74) is 5.82. The molecule has 64 valence electrons. The number of anilines is 1. The number of hydrogen-bond acceptors (Lipinski definition) is 4. The predicted molar refractivity (Wildman–Crippen MR) is 46.7 cm³/mol. The third-order valence-corrected chi connectivity index (χ3v) is 1.54. The van der Waals surface area contributed by atoms with Crippen LogP contribution in [0.2, 0.25) is 5.02 Å². The molecule has 0 aliphatic heterocycles. The van der Waals surface area contributed by atoms with E-state index in [1.165, 1.54) is 18.2 Å². The average Bonchev–Trinajstić information content (AvgIpc) is 1.96. The monoisotopic (exact) mass is 187 g/mol. The predicted octanol–water partition coefficient (Wildman–Crippen LogP) is 0.271. The minimum absolute atomic E-state index is 0.254. The summed E-state index contributed by atoms with van der Waals surface area (Å²) in [7, 11) is -1.84. The van der Waals surface area contributed by atoms with Gasteiger partial charge in [-0.2, -0.15) is 0 Å². The SMILES string of the molecule is Nc1ccc(OB(O)O)cc1Cl. The fraction of sp³-hybridized carbons (Fsp3) is 0. The Morgan fingerprint density at radius 3 is 2.58 bits per heavy atom. The maximum atomic E-state index is 8.42. The van der Waals surface area contributed by atoms with Gasteiger partial charge in [0.05, 0.1) is 10.7 Å². The number of rotatable bonds is 2. The number of hydrogen-bond donors (Lipinski definition) is 3. The van der Waals surface area contributed by atoms with Crippen LogP contribution in [0.15, 0.2) is 18.2 Å². The standard InChI is InChI=1S/C6H7BClNO3/c8-5-3-4(12-7(10)11)1-2-6(5)9/h1-3,10-11H,9H2.